The zero-order chi connectivity index (χ0) is 26.0. The van der Waals surface area contributed by atoms with Crippen molar-refractivity contribution in [2.24, 2.45) is 0 Å². The molecular weight excluding hydrogens is 480 g/mol. The smallest absolute Gasteiger partial charge is 0.300 e. The van der Waals surface area contributed by atoms with E-state index in [4.69, 9.17) is 16.3 Å². The zero-order valence-corrected chi connectivity index (χ0v) is 20.8. The molecule has 7 nitrogen and oxygen atoms in total. The van der Waals surface area contributed by atoms with Crippen molar-refractivity contribution in [1.82, 2.24) is 0 Å². The molecule has 1 aliphatic heterocycles. The van der Waals surface area contributed by atoms with Gasteiger partial charge in [-0.1, -0.05) is 48.9 Å². The Morgan fingerprint density at radius 2 is 1.81 bits per heavy atom. The number of halogens is 1. The van der Waals surface area contributed by atoms with Crippen LogP contribution in [0, 0.1) is 0 Å². The third kappa shape index (κ3) is 4.70. The van der Waals surface area contributed by atoms with Gasteiger partial charge in [0.2, 0.25) is 5.91 Å². The second kappa shape index (κ2) is 10.3. The molecule has 0 saturated carbocycles. The van der Waals surface area contributed by atoms with Crippen LogP contribution in [0.2, 0.25) is 5.02 Å². The van der Waals surface area contributed by atoms with Gasteiger partial charge in [-0.25, -0.2) is 0 Å². The first-order valence-corrected chi connectivity index (χ1v) is 11.7. The van der Waals surface area contributed by atoms with Crippen LogP contribution in [-0.4, -0.2) is 29.8 Å². The standard InChI is InChI=1S/C28H25ClN2O5/c1-4-17-8-10-18(11-9-17)25-24(26(33)22-14-19(29)12-13-23(22)36-3)27(34)28(35)31(25)21-7-5-6-20(15-21)30-16(2)32/h5-15,25,33H,4H2,1-3H3,(H,30,32)/b26-24+. The number of nitrogens with zero attached hydrogens (tertiary/aromatic N) is 1. The first kappa shape index (κ1) is 25.0. The van der Waals surface area contributed by atoms with Gasteiger partial charge in [0.1, 0.15) is 11.5 Å². The molecule has 1 heterocycles. The summed E-state index contributed by atoms with van der Waals surface area (Å²) in [5, 5.41) is 14.4. The molecule has 2 amide bonds. The Balaban J connectivity index is 1.95. The maximum atomic E-state index is 13.4. The predicted molar refractivity (Wildman–Crippen MR) is 139 cm³/mol. The van der Waals surface area contributed by atoms with Gasteiger partial charge in [0.15, 0.2) is 0 Å². The van der Waals surface area contributed by atoms with Crippen LogP contribution in [0.15, 0.2) is 72.3 Å². The summed E-state index contributed by atoms with van der Waals surface area (Å²) < 4.78 is 5.38. The molecule has 1 saturated heterocycles. The van der Waals surface area contributed by atoms with Crippen LogP contribution in [0.5, 0.6) is 5.75 Å². The Morgan fingerprint density at radius 3 is 2.44 bits per heavy atom. The number of benzene rings is 3. The molecule has 0 aromatic heterocycles. The highest BCUT2D eigenvalue weighted by atomic mass is 35.5. The molecule has 3 aromatic carbocycles. The van der Waals surface area contributed by atoms with E-state index >= 15 is 0 Å². The number of rotatable bonds is 6. The van der Waals surface area contributed by atoms with Crippen LogP contribution in [-0.2, 0) is 20.8 Å². The molecule has 3 aromatic rings. The molecule has 8 heteroatoms. The summed E-state index contributed by atoms with van der Waals surface area (Å²) in [6.45, 7) is 3.41. The number of aryl methyl sites for hydroxylation is 1. The van der Waals surface area contributed by atoms with Crippen molar-refractivity contribution in [3.63, 3.8) is 0 Å². The highest BCUT2D eigenvalue weighted by Crippen LogP contribution is 2.44. The lowest BCUT2D eigenvalue weighted by Crippen LogP contribution is -2.29. The van der Waals surface area contributed by atoms with E-state index in [1.807, 2.05) is 31.2 Å². The molecule has 1 aliphatic rings. The van der Waals surface area contributed by atoms with Gasteiger partial charge in [0.25, 0.3) is 11.7 Å². The molecule has 1 unspecified atom stereocenters. The summed E-state index contributed by atoms with van der Waals surface area (Å²) in [5.74, 6) is -2.01. The third-order valence-electron chi connectivity index (χ3n) is 6.01. The average molecular weight is 505 g/mol. The van der Waals surface area contributed by atoms with E-state index in [0.29, 0.717) is 27.7 Å². The summed E-state index contributed by atoms with van der Waals surface area (Å²) in [6, 6.07) is 17.9. The average Bonchev–Trinajstić information content (AvgIpc) is 3.13. The van der Waals surface area contributed by atoms with E-state index in [2.05, 4.69) is 5.32 Å². The van der Waals surface area contributed by atoms with Crippen molar-refractivity contribution in [3.8, 4) is 5.75 Å². The Bertz CT molecular complexity index is 1380. The predicted octanol–water partition coefficient (Wildman–Crippen LogP) is 5.50. The summed E-state index contributed by atoms with van der Waals surface area (Å²) >= 11 is 6.17. The van der Waals surface area contributed by atoms with Gasteiger partial charge in [-0.15, -0.1) is 0 Å². The molecule has 0 spiro atoms. The van der Waals surface area contributed by atoms with Gasteiger partial charge in [0, 0.05) is 23.3 Å². The Morgan fingerprint density at radius 1 is 1.08 bits per heavy atom. The molecule has 36 heavy (non-hydrogen) atoms. The lowest BCUT2D eigenvalue weighted by Gasteiger charge is -2.26. The maximum Gasteiger partial charge on any atom is 0.300 e. The fourth-order valence-electron chi connectivity index (χ4n) is 4.30. The fourth-order valence-corrected chi connectivity index (χ4v) is 4.47. The number of nitrogens with one attached hydrogen (secondary N) is 1. The largest absolute Gasteiger partial charge is 0.507 e. The molecule has 0 bridgehead atoms. The number of hydrogen-bond donors (Lipinski definition) is 2. The second-order valence-electron chi connectivity index (χ2n) is 8.34. The third-order valence-corrected chi connectivity index (χ3v) is 6.24. The highest BCUT2D eigenvalue weighted by Gasteiger charge is 2.47. The summed E-state index contributed by atoms with van der Waals surface area (Å²) in [5.41, 5.74) is 2.70. The van der Waals surface area contributed by atoms with E-state index in [0.717, 1.165) is 12.0 Å². The number of ketones is 1. The van der Waals surface area contributed by atoms with Crippen LogP contribution in [0.25, 0.3) is 5.76 Å². The number of amides is 2. The monoisotopic (exact) mass is 504 g/mol. The Labute approximate surface area is 214 Å². The van der Waals surface area contributed by atoms with Crippen molar-refractivity contribution < 1.29 is 24.2 Å². The van der Waals surface area contributed by atoms with E-state index in [1.165, 1.54) is 25.0 Å². The molecular formula is C28H25ClN2O5. The number of carbonyl (C=O) groups is 3. The van der Waals surface area contributed by atoms with E-state index < -0.39 is 23.5 Å². The van der Waals surface area contributed by atoms with Crippen LogP contribution >= 0.6 is 11.6 Å². The van der Waals surface area contributed by atoms with Crippen molar-refractivity contribution in [2.45, 2.75) is 26.3 Å². The van der Waals surface area contributed by atoms with Gasteiger partial charge in [0.05, 0.1) is 24.3 Å². The number of aliphatic hydroxyl groups excluding tert-OH is 1. The SMILES string of the molecule is CCc1ccc(C2/C(=C(\O)c3cc(Cl)ccc3OC)C(=O)C(=O)N2c2cccc(NC(C)=O)c2)cc1. The van der Waals surface area contributed by atoms with Crippen molar-refractivity contribution in [2.75, 3.05) is 17.3 Å². The number of methoxy groups -OCH3 is 1. The van der Waals surface area contributed by atoms with Gasteiger partial charge in [-0.05, 0) is 53.9 Å². The second-order valence-corrected chi connectivity index (χ2v) is 8.78. The quantitative estimate of drug-likeness (QED) is 0.263. The van der Waals surface area contributed by atoms with Gasteiger partial charge in [-0.3, -0.25) is 19.3 Å². The number of ether oxygens (including phenoxy) is 1. The van der Waals surface area contributed by atoms with Crippen molar-refractivity contribution >= 4 is 46.3 Å². The Hall–Kier alpha value is -4.10. The van der Waals surface area contributed by atoms with E-state index in [1.54, 1.807) is 36.4 Å². The normalized spacial score (nSPS) is 16.8. The van der Waals surface area contributed by atoms with Gasteiger partial charge >= 0.3 is 0 Å². The minimum Gasteiger partial charge on any atom is -0.507 e. The van der Waals surface area contributed by atoms with E-state index in [-0.39, 0.29) is 17.0 Å². The Kier molecular flexibility index (Phi) is 7.12. The number of carbonyl (C=O) groups excluding carboxylic acids is 3. The molecule has 4 rings (SSSR count). The van der Waals surface area contributed by atoms with Crippen molar-refractivity contribution in [3.05, 3.63) is 94.0 Å². The molecule has 184 valence electrons. The van der Waals surface area contributed by atoms with Crippen molar-refractivity contribution in [1.29, 1.82) is 0 Å². The van der Waals surface area contributed by atoms with Gasteiger partial charge in [-0.2, -0.15) is 0 Å². The number of hydrogen-bond acceptors (Lipinski definition) is 5. The molecule has 2 N–H and O–H groups in total. The molecule has 0 aliphatic carbocycles. The highest BCUT2D eigenvalue weighted by molar-refractivity contribution is 6.51. The number of anilines is 2. The van der Waals surface area contributed by atoms with Crippen LogP contribution < -0.4 is 15.0 Å². The lowest BCUT2D eigenvalue weighted by atomic mass is 9.94. The minimum atomic E-state index is -0.924. The van der Waals surface area contributed by atoms with Crippen LogP contribution in [0.4, 0.5) is 11.4 Å². The first-order chi connectivity index (χ1) is 17.2. The lowest BCUT2D eigenvalue weighted by molar-refractivity contribution is -0.132. The van der Waals surface area contributed by atoms with Crippen LogP contribution in [0.1, 0.15) is 36.6 Å². The number of Topliss-reactive ketones (excluding diaryl/α,β-unsaturated/α-hetero) is 1. The summed E-state index contributed by atoms with van der Waals surface area (Å²) in [7, 11) is 1.44. The number of aliphatic hydroxyl groups is 1. The van der Waals surface area contributed by atoms with Crippen LogP contribution in [0.3, 0.4) is 0 Å². The summed E-state index contributed by atoms with van der Waals surface area (Å²) in [4.78, 5) is 39.7. The summed E-state index contributed by atoms with van der Waals surface area (Å²) in [6.07, 6.45) is 0.818. The maximum absolute atomic E-state index is 13.4. The minimum absolute atomic E-state index is 0.0882. The van der Waals surface area contributed by atoms with E-state index in [9.17, 15) is 19.5 Å². The molecule has 0 radical (unpaired) electrons. The fraction of sp³-hybridized carbons (Fsp3) is 0.179. The van der Waals surface area contributed by atoms with Gasteiger partial charge < -0.3 is 15.2 Å². The zero-order valence-electron chi connectivity index (χ0n) is 20.0. The molecule has 1 fully saturated rings. The topological polar surface area (TPSA) is 95.9 Å². The first-order valence-electron chi connectivity index (χ1n) is 11.4. The molecule has 1 atom stereocenters.